The Morgan fingerprint density at radius 3 is 1.41 bits per heavy atom. The SMILES string of the molecule is CCCCCCCCCCCCCCCCCCCCC(=O)OC(CO)COC(=O)CC. The second-order valence-electron chi connectivity index (χ2n) is 9.09. The van der Waals surface area contributed by atoms with Gasteiger partial charge < -0.3 is 14.6 Å². The Balaban J connectivity index is 3.33. The second kappa shape index (κ2) is 24.5. The summed E-state index contributed by atoms with van der Waals surface area (Å²) in [5.74, 6) is -0.684. The fourth-order valence-corrected chi connectivity index (χ4v) is 3.83. The van der Waals surface area contributed by atoms with Gasteiger partial charge in [0.25, 0.3) is 0 Å². The van der Waals surface area contributed by atoms with E-state index < -0.39 is 6.10 Å². The number of rotatable bonds is 24. The van der Waals surface area contributed by atoms with Crippen molar-refractivity contribution in [3.63, 3.8) is 0 Å². The van der Waals surface area contributed by atoms with Crippen LogP contribution in [-0.4, -0.2) is 36.4 Å². The molecule has 0 amide bonds. The minimum atomic E-state index is -0.756. The van der Waals surface area contributed by atoms with Crippen LogP contribution in [0.15, 0.2) is 0 Å². The third-order valence-electron chi connectivity index (χ3n) is 5.96. The highest BCUT2D eigenvalue weighted by atomic mass is 16.6. The lowest BCUT2D eigenvalue weighted by atomic mass is 10.0. The number of unbranched alkanes of at least 4 members (excludes halogenated alkanes) is 17. The van der Waals surface area contributed by atoms with Crippen LogP contribution in [0.1, 0.15) is 142 Å². The van der Waals surface area contributed by atoms with E-state index in [0.29, 0.717) is 6.42 Å². The van der Waals surface area contributed by atoms with Crippen LogP contribution < -0.4 is 0 Å². The minimum absolute atomic E-state index is 0.0754. The Kier molecular flexibility index (Phi) is 23.7. The maximum Gasteiger partial charge on any atom is 0.306 e. The minimum Gasteiger partial charge on any atom is -0.462 e. The van der Waals surface area contributed by atoms with Crippen molar-refractivity contribution in [3.05, 3.63) is 0 Å². The van der Waals surface area contributed by atoms with E-state index in [9.17, 15) is 14.7 Å². The van der Waals surface area contributed by atoms with Gasteiger partial charge in [-0.15, -0.1) is 0 Å². The molecule has 0 aromatic heterocycles. The van der Waals surface area contributed by atoms with Crippen molar-refractivity contribution in [2.75, 3.05) is 13.2 Å². The highest BCUT2D eigenvalue weighted by Gasteiger charge is 2.15. The van der Waals surface area contributed by atoms with E-state index in [4.69, 9.17) is 9.47 Å². The summed E-state index contributed by atoms with van der Waals surface area (Å²) in [6, 6.07) is 0. The number of carbonyl (C=O) groups excluding carboxylic acids is 2. The number of esters is 2. The van der Waals surface area contributed by atoms with Gasteiger partial charge in [0, 0.05) is 12.8 Å². The zero-order chi connectivity index (χ0) is 23.7. The van der Waals surface area contributed by atoms with Crippen LogP contribution in [0.3, 0.4) is 0 Å². The average molecular weight is 457 g/mol. The largest absolute Gasteiger partial charge is 0.462 e. The lowest BCUT2D eigenvalue weighted by Crippen LogP contribution is -2.28. The third kappa shape index (κ3) is 22.1. The summed E-state index contributed by atoms with van der Waals surface area (Å²) >= 11 is 0. The monoisotopic (exact) mass is 456 g/mol. The van der Waals surface area contributed by atoms with E-state index >= 15 is 0 Å². The van der Waals surface area contributed by atoms with Gasteiger partial charge in [-0.1, -0.05) is 123 Å². The molecule has 0 bridgehead atoms. The summed E-state index contributed by atoms with van der Waals surface area (Å²) in [5.41, 5.74) is 0. The molecule has 0 aliphatic carbocycles. The summed E-state index contributed by atoms with van der Waals surface area (Å²) in [7, 11) is 0. The number of ether oxygens (including phenoxy) is 2. The first-order chi connectivity index (χ1) is 15.6. The quantitative estimate of drug-likeness (QED) is 0.122. The Labute approximate surface area is 198 Å². The first kappa shape index (κ1) is 30.9. The van der Waals surface area contributed by atoms with Crippen molar-refractivity contribution in [2.24, 2.45) is 0 Å². The van der Waals surface area contributed by atoms with E-state index in [1.54, 1.807) is 6.92 Å². The van der Waals surface area contributed by atoms with E-state index in [1.165, 1.54) is 96.3 Å². The molecule has 0 aliphatic rings. The van der Waals surface area contributed by atoms with E-state index in [0.717, 1.165) is 19.3 Å². The molecule has 0 rings (SSSR count). The molecular formula is C27H52O5. The van der Waals surface area contributed by atoms with Crippen molar-refractivity contribution in [2.45, 2.75) is 148 Å². The molecule has 1 unspecified atom stereocenters. The first-order valence-corrected chi connectivity index (χ1v) is 13.6. The molecule has 0 fully saturated rings. The van der Waals surface area contributed by atoms with Gasteiger partial charge in [-0.2, -0.15) is 0 Å². The molecule has 0 spiro atoms. The number of aliphatic hydroxyl groups excluding tert-OH is 1. The van der Waals surface area contributed by atoms with Gasteiger partial charge in [0.15, 0.2) is 6.10 Å². The standard InChI is InChI=1S/C27H52O5/c1-3-5-6-7-8-9-10-11-12-13-14-15-16-17-18-19-20-21-22-27(30)32-25(23-28)24-31-26(29)4-2/h25,28H,3-24H2,1-2H3. The third-order valence-corrected chi connectivity index (χ3v) is 5.96. The lowest BCUT2D eigenvalue weighted by Gasteiger charge is -2.15. The Bertz CT molecular complexity index is 424. The highest BCUT2D eigenvalue weighted by Crippen LogP contribution is 2.14. The van der Waals surface area contributed by atoms with Crippen LogP contribution in [-0.2, 0) is 19.1 Å². The van der Waals surface area contributed by atoms with Gasteiger partial charge in [-0.25, -0.2) is 0 Å². The fourth-order valence-electron chi connectivity index (χ4n) is 3.83. The molecule has 0 saturated carbocycles. The van der Waals surface area contributed by atoms with Crippen LogP contribution in [0.2, 0.25) is 0 Å². The molecule has 190 valence electrons. The van der Waals surface area contributed by atoms with Gasteiger partial charge in [-0.3, -0.25) is 9.59 Å². The zero-order valence-electron chi connectivity index (χ0n) is 21.2. The van der Waals surface area contributed by atoms with Crippen LogP contribution in [0.5, 0.6) is 0 Å². The van der Waals surface area contributed by atoms with Crippen molar-refractivity contribution in [1.29, 1.82) is 0 Å². The fraction of sp³-hybridized carbons (Fsp3) is 0.926. The summed E-state index contributed by atoms with van der Waals surface area (Å²) < 4.78 is 10.1. The maximum atomic E-state index is 11.8. The van der Waals surface area contributed by atoms with Gasteiger partial charge in [0.1, 0.15) is 6.61 Å². The van der Waals surface area contributed by atoms with E-state index in [1.807, 2.05) is 0 Å². The average Bonchev–Trinajstić information content (AvgIpc) is 2.80. The molecule has 0 aliphatic heterocycles. The number of carbonyl (C=O) groups is 2. The molecule has 32 heavy (non-hydrogen) atoms. The molecule has 0 aromatic rings. The Hall–Kier alpha value is -1.10. The normalized spacial score (nSPS) is 12.0. The van der Waals surface area contributed by atoms with Gasteiger partial charge in [-0.05, 0) is 6.42 Å². The Morgan fingerprint density at radius 2 is 1.03 bits per heavy atom. The summed E-state index contributed by atoms with van der Waals surface area (Å²) in [6.45, 7) is 3.56. The summed E-state index contributed by atoms with van der Waals surface area (Å²) in [5, 5.41) is 9.22. The topological polar surface area (TPSA) is 72.8 Å². The predicted octanol–water partition coefficient (Wildman–Crippen LogP) is 7.28. The van der Waals surface area contributed by atoms with E-state index in [2.05, 4.69) is 6.92 Å². The molecular weight excluding hydrogens is 404 g/mol. The van der Waals surface area contributed by atoms with Crippen LogP contribution >= 0.6 is 0 Å². The van der Waals surface area contributed by atoms with Crippen molar-refractivity contribution in [3.8, 4) is 0 Å². The first-order valence-electron chi connectivity index (χ1n) is 13.6. The lowest BCUT2D eigenvalue weighted by molar-refractivity contribution is -0.161. The number of hydrogen-bond acceptors (Lipinski definition) is 5. The predicted molar refractivity (Wildman–Crippen MR) is 132 cm³/mol. The second-order valence-corrected chi connectivity index (χ2v) is 9.09. The number of hydrogen-bond donors (Lipinski definition) is 1. The molecule has 0 radical (unpaired) electrons. The van der Waals surface area contributed by atoms with Crippen molar-refractivity contribution < 1.29 is 24.2 Å². The summed E-state index contributed by atoms with van der Waals surface area (Å²) in [6.07, 6.45) is 23.5. The molecule has 5 nitrogen and oxygen atoms in total. The molecule has 1 atom stereocenters. The smallest absolute Gasteiger partial charge is 0.306 e. The Morgan fingerprint density at radius 1 is 0.625 bits per heavy atom. The maximum absolute atomic E-state index is 11.8. The number of aliphatic hydroxyl groups is 1. The molecule has 0 saturated heterocycles. The molecule has 0 aromatic carbocycles. The van der Waals surface area contributed by atoms with Crippen molar-refractivity contribution >= 4 is 11.9 Å². The highest BCUT2D eigenvalue weighted by molar-refractivity contribution is 5.70. The van der Waals surface area contributed by atoms with Crippen molar-refractivity contribution in [1.82, 2.24) is 0 Å². The van der Waals surface area contributed by atoms with Crippen LogP contribution in [0.4, 0.5) is 0 Å². The van der Waals surface area contributed by atoms with Gasteiger partial charge in [0.05, 0.1) is 6.61 Å². The van der Waals surface area contributed by atoms with Gasteiger partial charge in [0.2, 0.25) is 0 Å². The van der Waals surface area contributed by atoms with Crippen LogP contribution in [0.25, 0.3) is 0 Å². The van der Waals surface area contributed by atoms with Gasteiger partial charge >= 0.3 is 11.9 Å². The van der Waals surface area contributed by atoms with E-state index in [-0.39, 0.29) is 31.6 Å². The summed E-state index contributed by atoms with van der Waals surface area (Å²) in [4.78, 5) is 23.0. The zero-order valence-corrected chi connectivity index (χ0v) is 21.2. The van der Waals surface area contributed by atoms with Crippen LogP contribution in [0, 0.1) is 0 Å². The molecule has 5 heteroatoms. The molecule has 1 N–H and O–H groups in total. The molecule has 0 heterocycles.